The maximum atomic E-state index is 12.1. The van der Waals surface area contributed by atoms with Gasteiger partial charge < -0.3 is 15.4 Å². The van der Waals surface area contributed by atoms with E-state index in [1.807, 2.05) is 18.2 Å². The highest BCUT2D eigenvalue weighted by molar-refractivity contribution is 8.01. The van der Waals surface area contributed by atoms with Crippen LogP contribution >= 0.6 is 11.8 Å². The van der Waals surface area contributed by atoms with Crippen molar-refractivity contribution in [3.05, 3.63) is 24.3 Å². The number of hydrogen-bond acceptors (Lipinski definition) is 6. The van der Waals surface area contributed by atoms with Crippen LogP contribution in [0.4, 0.5) is 5.69 Å². The second-order valence-corrected chi connectivity index (χ2v) is 7.84. The van der Waals surface area contributed by atoms with Crippen LogP contribution in [0.15, 0.2) is 29.2 Å². The van der Waals surface area contributed by atoms with Crippen molar-refractivity contribution in [1.29, 1.82) is 5.26 Å². The van der Waals surface area contributed by atoms with Gasteiger partial charge in [0.2, 0.25) is 5.91 Å². The van der Waals surface area contributed by atoms with Crippen LogP contribution in [0.1, 0.15) is 26.2 Å². The SMILES string of the molecule is C[C@](C#N)(NC(=O)COC(=O)C[C@H]1Sc2ccccc2NC1=O)C1CC1. The van der Waals surface area contributed by atoms with Gasteiger partial charge in [0.05, 0.1) is 23.4 Å². The molecule has 2 aliphatic rings. The van der Waals surface area contributed by atoms with E-state index in [0.717, 1.165) is 23.4 Å². The number of esters is 1. The molecule has 1 heterocycles. The summed E-state index contributed by atoms with van der Waals surface area (Å²) in [5, 5.41) is 14.0. The number of anilines is 1. The molecule has 1 aliphatic carbocycles. The van der Waals surface area contributed by atoms with Gasteiger partial charge in [-0.15, -0.1) is 11.8 Å². The summed E-state index contributed by atoms with van der Waals surface area (Å²) in [4.78, 5) is 36.9. The third-order valence-corrected chi connectivity index (χ3v) is 5.72. The van der Waals surface area contributed by atoms with Crippen molar-refractivity contribution in [3.63, 3.8) is 0 Å². The molecule has 0 aromatic heterocycles. The summed E-state index contributed by atoms with van der Waals surface area (Å²) in [7, 11) is 0. The number of benzene rings is 1. The Morgan fingerprint density at radius 3 is 2.85 bits per heavy atom. The highest BCUT2D eigenvalue weighted by Crippen LogP contribution is 2.39. The van der Waals surface area contributed by atoms with Crippen LogP contribution in [-0.2, 0) is 19.1 Å². The van der Waals surface area contributed by atoms with Crippen molar-refractivity contribution in [1.82, 2.24) is 5.32 Å². The zero-order valence-electron chi connectivity index (χ0n) is 14.3. The minimum atomic E-state index is -0.924. The number of hydrogen-bond donors (Lipinski definition) is 2. The molecule has 1 aliphatic heterocycles. The van der Waals surface area contributed by atoms with Crippen molar-refractivity contribution in [2.24, 2.45) is 5.92 Å². The molecule has 2 amide bonds. The molecule has 26 heavy (non-hydrogen) atoms. The summed E-state index contributed by atoms with van der Waals surface area (Å²) >= 11 is 1.30. The number of nitriles is 1. The number of rotatable bonds is 6. The minimum Gasteiger partial charge on any atom is -0.456 e. The molecule has 0 radical (unpaired) electrons. The number of amides is 2. The molecule has 1 fully saturated rings. The fourth-order valence-corrected chi connectivity index (χ4v) is 3.89. The van der Waals surface area contributed by atoms with Crippen molar-refractivity contribution >= 4 is 35.2 Å². The van der Waals surface area contributed by atoms with Crippen LogP contribution in [0.25, 0.3) is 0 Å². The van der Waals surface area contributed by atoms with Crippen LogP contribution in [0.5, 0.6) is 0 Å². The molecule has 0 bridgehead atoms. The van der Waals surface area contributed by atoms with E-state index in [2.05, 4.69) is 16.7 Å². The largest absolute Gasteiger partial charge is 0.456 e. The van der Waals surface area contributed by atoms with E-state index in [1.165, 1.54) is 11.8 Å². The van der Waals surface area contributed by atoms with Crippen molar-refractivity contribution in [2.45, 2.75) is 41.9 Å². The molecule has 8 heteroatoms. The van der Waals surface area contributed by atoms with Crippen molar-refractivity contribution in [3.8, 4) is 6.07 Å². The number of thioether (sulfide) groups is 1. The standard InChI is InChI=1S/C18H19N3O4S/c1-18(10-19,11-6-7-11)21-15(22)9-25-16(23)8-14-17(24)20-12-4-2-3-5-13(12)26-14/h2-5,11,14H,6-9H2,1H3,(H,20,24)(H,21,22)/t14-,18-/m1/s1. The molecule has 0 saturated heterocycles. The van der Waals surface area contributed by atoms with Gasteiger partial charge in [-0.1, -0.05) is 12.1 Å². The molecule has 0 spiro atoms. The average Bonchev–Trinajstić information content (AvgIpc) is 3.46. The lowest BCUT2D eigenvalue weighted by atomic mass is 9.98. The lowest BCUT2D eigenvalue weighted by Crippen LogP contribution is -2.48. The van der Waals surface area contributed by atoms with E-state index in [0.29, 0.717) is 0 Å². The molecular weight excluding hydrogens is 354 g/mol. The second kappa shape index (κ2) is 7.38. The Bertz CT molecular complexity index is 787. The van der Waals surface area contributed by atoms with Crippen LogP contribution in [-0.4, -0.2) is 35.2 Å². The predicted molar refractivity (Wildman–Crippen MR) is 95.2 cm³/mol. The molecular formula is C18H19N3O4S. The Morgan fingerprint density at radius 1 is 1.42 bits per heavy atom. The Morgan fingerprint density at radius 2 is 2.15 bits per heavy atom. The molecule has 136 valence electrons. The first-order chi connectivity index (χ1) is 12.4. The van der Waals surface area contributed by atoms with E-state index in [4.69, 9.17) is 4.74 Å². The first kappa shape index (κ1) is 18.3. The topological polar surface area (TPSA) is 108 Å². The highest BCUT2D eigenvalue weighted by atomic mass is 32.2. The van der Waals surface area contributed by atoms with E-state index in [1.54, 1.807) is 13.0 Å². The monoisotopic (exact) mass is 373 g/mol. The molecule has 2 atom stereocenters. The first-order valence-corrected chi connectivity index (χ1v) is 9.23. The highest BCUT2D eigenvalue weighted by Gasteiger charge is 2.43. The molecule has 1 aromatic rings. The van der Waals surface area contributed by atoms with E-state index < -0.39 is 29.3 Å². The predicted octanol–water partition coefficient (Wildman–Crippen LogP) is 1.84. The lowest BCUT2D eigenvalue weighted by molar-refractivity contribution is -0.149. The fraction of sp³-hybridized carbons (Fsp3) is 0.444. The van der Waals surface area contributed by atoms with Gasteiger partial charge in [0.15, 0.2) is 6.61 Å². The summed E-state index contributed by atoms with van der Waals surface area (Å²) in [6, 6.07) is 9.45. The summed E-state index contributed by atoms with van der Waals surface area (Å²) < 4.78 is 4.98. The van der Waals surface area contributed by atoms with Gasteiger partial charge in [0.1, 0.15) is 5.54 Å². The van der Waals surface area contributed by atoms with Crippen LogP contribution in [0, 0.1) is 17.2 Å². The number of carbonyl (C=O) groups excluding carboxylic acids is 3. The quantitative estimate of drug-likeness (QED) is 0.737. The normalized spacial score (nSPS) is 20.8. The van der Waals surface area contributed by atoms with Crippen LogP contribution < -0.4 is 10.6 Å². The van der Waals surface area contributed by atoms with Gasteiger partial charge in [0.25, 0.3) is 5.91 Å². The van der Waals surface area contributed by atoms with Gasteiger partial charge in [-0.25, -0.2) is 0 Å². The Balaban J connectivity index is 1.48. The number of nitrogens with zero attached hydrogens (tertiary/aromatic N) is 1. The van der Waals surface area contributed by atoms with Crippen molar-refractivity contribution < 1.29 is 19.1 Å². The summed E-state index contributed by atoms with van der Waals surface area (Å²) in [5.41, 5.74) is -0.200. The smallest absolute Gasteiger partial charge is 0.307 e. The number of para-hydroxylation sites is 1. The minimum absolute atomic E-state index is 0.129. The molecule has 1 saturated carbocycles. The molecule has 1 aromatic carbocycles. The number of ether oxygens (including phenoxy) is 1. The third-order valence-electron chi connectivity index (χ3n) is 4.45. The Hall–Kier alpha value is -2.53. The number of carbonyl (C=O) groups is 3. The maximum Gasteiger partial charge on any atom is 0.307 e. The van der Waals surface area contributed by atoms with Gasteiger partial charge in [-0.2, -0.15) is 5.26 Å². The average molecular weight is 373 g/mol. The van der Waals surface area contributed by atoms with E-state index >= 15 is 0 Å². The third kappa shape index (κ3) is 4.17. The summed E-state index contributed by atoms with van der Waals surface area (Å²) in [5.74, 6) is -1.26. The fourth-order valence-electron chi connectivity index (χ4n) is 2.79. The summed E-state index contributed by atoms with van der Waals surface area (Å²) in [6.07, 6.45) is 1.68. The second-order valence-electron chi connectivity index (χ2n) is 6.59. The maximum absolute atomic E-state index is 12.1. The molecule has 3 rings (SSSR count). The number of nitrogens with one attached hydrogen (secondary N) is 2. The molecule has 0 unspecified atom stereocenters. The zero-order chi connectivity index (χ0) is 18.7. The number of fused-ring (bicyclic) bond motifs is 1. The Labute approximate surface area is 155 Å². The van der Waals surface area contributed by atoms with E-state index in [-0.39, 0.29) is 18.2 Å². The first-order valence-electron chi connectivity index (χ1n) is 8.36. The molecule has 2 N–H and O–H groups in total. The Kier molecular flexibility index (Phi) is 5.18. The van der Waals surface area contributed by atoms with Crippen molar-refractivity contribution in [2.75, 3.05) is 11.9 Å². The van der Waals surface area contributed by atoms with Gasteiger partial charge in [-0.05, 0) is 37.8 Å². The van der Waals surface area contributed by atoms with Crippen LogP contribution in [0.2, 0.25) is 0 Å². The summed E-state index contributed by atoms with van der Waals surface area (Å²) in [6.45, 7) is 1.21. The zero-order valence-corrected chi connectivity index (χ0v) is 15.1. The van der Waals surface area contributed by atoms with Crippen LogP contribution in [0.3, 0.4) is 0 Å². The van der Waals surface area contributed by atoms with Gasteiger partial charge >= 0.3 is 5.97 Å². The van der Waals surface area contributed by atoms with Gasteiger partial charge in [0, 0.05) is 4.90 Å². The lowest BCUT2D eigenvalue weighted by Gasteiger charge is -2.24. The van der Waals surface area contributed by atoms with E-state index in [9.17, 15) is 19.6 Å². The van der Waals surface area contributed by atoms with Gasteiger partial charge in [-0.3, -0.25) is 14.4 Å². The molecule has 7 nitrogen and oxygen atoms in total.